The highest BCUT2D eigenvalue weighted by Gasteiger charge is 2.07. The van der Waals surface area contributed by atoms with E-state index in [0.717, 1.165) is 31.7 Å². The molecule has 0 aromatic heterocycles. The lowest BCUT2D eigenvalue weighted by Gasteiger charge is -2.20. The molecule has 0 spiro atoms. The minimum Gasteiger partial charge on any atom is -0.493 e. The Morgan fingerprint density at radius 3 is 2.37 bits per heavy atom. The summed E-state index contributed by atoms with van der Waals surface area (Å²) in [6, 6.07) is 4.34. The molecule has 0 bridgehead atoms. The normalized spacial score (nSPS) is 11.7. The molecular weight excluding hydrogens is 234 g/mol. The summed E-state index contributed by atoms with van der Waals surface area (Å²) in [6.07, 6.45) is 2.25. The van der Waals surface area contributed by atoms with Crippen molar-refractivity contribution >= 4 is 0 Å². The van der Waals surface area contributed by atoms with Gasteiger partial charge in [-0.25, -0.2) is 0 Å². The second kappa shape index (κ2) is 6.95. The number of unbranched alkanes of at least 4 members (excludes halogenated alkanes) is 1. The van der Waals surface area contributed by atoms with Crippen LogP contribution < -0.4 is 10.1 Å². The lowest BCUT2D eigenvalue weighted by molar-refractivity contribution is 0.299. The number of hydrogen-bond acceptors (Lipinski definition) is 2. The monoisotopic (exact) mass is 263 g/mol. The van der Waals surface area contributed by atoms with Crippen LogP contribution in [0.3, 0.4) is 0 Å². The summed E-state index contributed by atoms with van der Waals surface area (Å²) in [5.41, 5.74) is 4.06. The zero-order valence-corrected chi connectivity index (χ0v) is 13.4. The number of ether oxygens (including phenoxy) is 1. The van der Waals surface area contributed by atoms with Crippen molar-refractivity contribution in [1.29, 1.82) is 0 Å². The van der Waals surface area contributed by atoms with Crippen molar-refractivity contribution in [3.05, 3.63) is 28.8 Å². The predicted octanol–water partition coefficient (Wildman–Crippen LogP) is 4.16. The standard InChI is InChI=1S/C17H29NO/c1-13-11-14(2)15(3)16(12-13)19-10-8-7-9-18-17(4,5)6/h11-12,18H,7-10H2,1-6H3. The van der Waals surface area contributed by atoms with Gasteiger partial charge in [0, 0.05) is 5.54 Å². The van der Waals surface area contributed by atoms with E-state index < -0.39 is 0 Å². The molecular formula is C17H29NO. The van der Waals surface area contributed by atoms with Crippen LogP contribution in [0.4, 0.5) is 0 Å². The van der Waals surface area contributed by atoms with E-state index in [9.17, 15) is 0 Å². The first-order valence-electron chi connectivity index (χ1n) is 7.25. The molecule has 0 aliphatic carbocycles. The zero-order valence-electron chi connectivity index (χ0n) is 13.4. The third-order valence-electron chi connectivity index (χ3n) is 3.25. The van der Waals surface area contributed by atoms with E-state index in [2.05, 4.69) is 59.0 Å². The van der Waals surface area contributed by atoms with E-state index in [4.69, 9.17) is 4.74 Å². The van der Waals surface area contributed by atoms with Gasteiger partial charge < -0.3 is 10.1 Å². The quantitative estimate of drug-likeness (QED) is 0.778. The van der Waals surface area contributed by atoms with Gasteiger partial charge in [-0.3, -0.25) is 0 Å². The van der Waals surface area contributed by atoms with E-state index in [1.54, 1.807) is 0 Å². The Bertz CT molecular complexity index is 404. The second-order valence-electron chi connectivity index (χ2n) is 6.44. The van der Waals surface area contributed by atoms with Gasteiger partial charge in [0.05, 0.1) is 6.61 Å². The number of hydrogen-bond donors (Lipinski definition) is 1. The van der Waals surface area contributed by atoms with Gasteiger partial charge in [-0.15, -0.1) is 0 Å². The summed E-state index contributed by atoms with van der Waals surface area (Å²) in [4.78, 5) is 0. The average molecular weight is 263 g/mol. The minimum atomic E-state index is 0.213. The molecule has 0 heterocycles. The van der Waals surface area contributed by atoms with Crippen LogP contribution >= 0.6 is 0 Å². The lowest BCUT2D eigenvalue weighted by atomic mass is 10.1. The summed E-state index contributed by atoms with van der Waals surface area (Å²) in [5, 5.41) is 3.49. The van der Waals surface area contributed by atoms with Gasteiger partial charge in [0.25, 0.3) is 0 Å². The van der Waals surface area contributed by atoms with Gasteiger partial charge >= 0.3 is 0 Å². The smallest absolute Gasteiger partial charge is 0.122 e. The van der Waals surface area contributed by atoms with Crippen LogP contribution in [0.2, 0.25) is 0 Å². The van der Waals surface area contributed by atoms with Crippen LogP contribution in [0.1, 0.15) is 50.3 Å². The predicted molar refractivity (Wildman–Crippen MR) is 83.1 cm³/mol. The number of aryl methyl sites for hydroxylation is 2. The fraction of sp³-hybridized carbons (Fsp3) is 0.647. The van der Waals surface area contributed by atoms with Crippen LogP contribution in [-0.2, 0) is 0 Å². The molecule has 0 radical (unpaired) electrons. The topological polar surface area (TPSA) is 21.3 Å². The van der Waals surface area contributed by atoms with Crippen LogP contribution in [0.25, 0.3) is 0 Å². The summed E-state index contributed by atoms with van der Waals surface area (Å²) >= 11 is 0. The third-order valence-corrected chi connectivity index (χ3v) is 3.25. The van der Waals surface area contributed by atoms with Gasteiger partial charge in [0.2, 0.25) is 0 Å². The summed E-state index contributed by atoms with van der Waals surface area (Å²) in [7, 11) is 0. The molecule has 0 saturated heterocycles. The first-order chi connectivity index (χ1) is 8.79. The molecule has 19 heavy (non-hydrogen) atoms. The molecule has 0 amide bonds. The SMILES string of the molecule is Cc1cc(C)c(C)c(OCCCCNC(C)(C)C)c1. The van der Waals surface area contributed by atoms with E-state index >= 15 is 0 Å². The van der Waals surface area contributed by atoms with E-state index in [-0.39, 0.29) is 5.54 Å². The first-order valence-corrected chi connectivity index (χ1v) is 7.25. The fourth-order valence-corrected chi connectivity index (χ4v) is 2.02. The van der Waals surface area contributed by atoms with Crippen LogP contribution in [0, 0.1) is 20.8 Å². The van der Waals surface area contributed by atoms with Gasteiger partial charge in [-0.1, -0.05) is 6.07 Å². The molecule has 0 aliphatic rings. The van der Waals surface area contributed by atoms with Crippen molar-refractivity contribution in [3.8, 4) is 5.75 Å². The van der Waals surface area contributed by atoms with Crippen LogP contribution in [-0.4, -0.2) is 18.7 Å². The molecule has 2 heteroatoms. The number of nitrogens with one attached hydrogen (secondary N) is 1. The van der Waals surface area contributed by atoms with Crippen molar-refractivity contribution < 1.29 is 4.74 Å². The van der Waals surface area contributed by atoms with Crippen molar-refractivity contribution in [2.45, 2.75) is 59.9 Å². The third kappa shape index (κ3) is 6.11. The van der Waals surface area contributed by atoms with Crippen molar-refractivity contribution in [2.75, 3.05) is 13.2 Å². The van der Waals surface area contributed by atoms with E-state index in [1.807, 2.05) is 0 Å². The van der Waals surface area contributed by atoms with E-state index in [0.29, 0.717) is 0 Å². The van der Waals surface area contributed by atoms with Crippen molar-refractivity contribution in [1.82, 2.24) is 5.32 Å². The van der Waals surface area contributed by atoms with E-state index in [1.165, 1.54) is 16.7 Å². The summed E-state index contributed by atoms with van der Waals surface area (Å²) in [5.74, 6) is 1.04. The first kappa shape index (κ1) is 16.0. The molecule has 0 unspecified atom stereocenters. The maximum absolute atomic E-state index is 5.90. The maximum atomic E-state index is 5.90. The molecule has 0 fully saturated rings. The Morgan fingerprint density at radius 2 is 1.74 bits per heavy atom. The van der Waals surface area contributed by atoms with Gasteiger partial charge in [0.1, 0.15) is 5.75 Å². The molecule has 0 aliphatic heterocycles. The summed E-state index contributed by atoms with van der Waals surface area (Å²) in [6.45, 7) is 14.8. The highest BCUT2D eigenvalue weighted by molar-refractivity contribution is 5.41. The number of benzene rings is 1. The van der Waals surface area contributed by atoms with Gasteiger partial charge in [-0.05, 0) is 83.7 Å². The highest BCUT2D eigenvalue weighted by Crippen LogP contribution is 2.23. The molecule has 1 aromatic carbocycles. The molecule has 0 saturated carbocycles. The van der Waals surface area contributed by atoms with Crippen LogP contribution in [0.5, 0.6) is 5.75 Å². The Hall–Kier alpha value is -1.02. The fourth-order valence-electron chi connectivity index (χ4n) is 2.02. The zero-order chi connectivity index (χ0) is 14.5. The number of rotatable bonds is 6. The second-order valence-corrected chi connectivity index (χ2v) is 6.44. The molecule has 0 atom stereocenters. The lowest BCUT2D eigenvalue weighted by Crippen LogP contribution is -2.36. The Kier molecular flexibility index (Phi) is 5.86. The molecule has 1 N–H and O–H groups in total. The van der Waals surface area contributed by atoms with Crippen molar-refractivity contribution in [2.24, 2.45) is 0 Å². The summed E-state index contributed by atoms with van der Waals surface area (Å²) < 4.78 is 5.90. The van der Waals surface area contributed by atoms with Gasteiger partial charge in [-0.2, -0.15) is 0 Å². The van der Waals surface area contributed by atoms with Gasteiger partial charge in [0.15, 0.2) is 0 Å². The Morgan fingerprint density at radius 1 is 1.05 bits per heavy atom. The largest absolute Gasteiger partial charge is 0.493 e. The molecule has 1 rings (SSSR count). The molecule has 108 valence electrons. The Labute approximate surface area is 118 Å². The average Bonchev–Trinajstić information content (AvgIpc) is 2.28. The maximum Gasteiger partial charge on any atom is 0.122 e. The molecule has 1 aromatic rings. The molecule has 2 nitrogen and oxygen atoms in total. The minimum absolute atomic E-state index is 0.213. The Balaban J connectivity index is 2.30. The van der Waals surface area contributed by atoms with Crippen molar-refractivity contribution in [3.63, 3.8) is 0 Å². The highest BCUT2D eigenvalue weighted by atomic mass is 16.5. The van der Waals surface area contributed by atoms with Crippen LogP contribution in [0.15, 0.2) is 12.1 Å².